The molecule has 5 nitrogen and oxygen atoms in total. The molecule has 0 radical (unpaired) electrons. The molecule has 0 aliphatic heterocycles. The molecule has 25 heavy (non-hydrogen) atoms. The van der Waals surface area contributed by atoms with Gasteiger partial charge in [0.05, 0.1) is 22.9 Å². The molecule has 0 aliphatic carbocycles. The summed E-state index contributed by atoms with van der Waals surface area (Å²) in [6, 6.07) is 7.11. The van der Waals surface area contributed by atoms with Gasteiger partial charge in [0, 0.05) is 5.02 Å². The van der Waals surface area contributed by atoms with Crippen molar-refractivity contribution in [2.75, 3.05) is 0 Å². The van der Waals surface area contributed by atoms with Crippen LogP contribution in [0.15, 0.2) is 41.0 Å². The maximum Gasteiger partial charge on any atom is 0.253 e. The minimum atomic E-state index is -0.711. The van der Waals surface area contributed by atoms with Crippen molar-refractivity contribution in [3.05, 3.63) is 58.0 Å². The molecule has 0 bridgehead atoms. The highest BCUT2D eigenvalue weighted by molar-refractivity contribution is 6.36. The molecule has 0 fully saturated rings. The summed E-state index contributed by atoms with van der Waals surface area (Å²) >= 11 is 11.9. The first-order valence-electron chi connectivity index (χ1n) is 7.89. The molecule has 134 valence electrons. The molecule has 2 amide bonds. The van der Waals surface area contributed by atoms with Crippen molar-refractivity contribution in [3.8, 4) is 0 Å². The van der Waals surface area contributed by atoms with Gasteiger partial charge in [-0.2, -0.15) is 0 Å². The lowest BCUT2D eigenvalue weighted by atomic mass is 10.0. The lowest BCUT2D eigenvalue weighted by Gasteiger charge is -2.23. The maximum atomic E-state index is 12.6. The summed E-state index contributed by atoms with van der Waals surface area (Å²) in [6.07, 6.45) is 1.54. The largest absolute Gasteiger partial charge is 0.467 e. The van der Waals surface area contributed by atoms with E-state index in [1.54, 1.807) is 24.5 Å². The first-order valence-corrected chi connectivity index (χ1v) is 8.65. The van der Waals surface area contributed by atoms with Crippen molar-refractivity contribution in [1.82, 2.24) is 10.6 Å². The standard InChI is InChI=1S/C18H20Cl2N2O3/c1-10(2)16(18(24)21-11(3)15-5-4-8-25-15)22-17(23)13-7-6-12(19)9-14(13)20/h4-11,16H,1-3H3,(H,21,24)(H,22,23). The van der Waals surface area contributed by atoms with Gasteiger partial charge in [0.25, 0.3) is 5.91 Å². The number of benzene rings is 1. The van der Waals surface area contributed by atoms with Crippen molar-refractivity contribution in [3.63, 3.8) is 0 Å². The fraction of sp³-hybridized carbons (Fsp3) is 0.333. The van der Waals surface area contributed by atoms with Crippen LogP contribution < -0.4 is 10.6 Å². The van der Waals surface area contributed by atoms with E-state index in [9.17, 15) is 9.59 Å². The molecule has 2 N–H and O–H groups in total. The minimum absolute atomic E-state index is 0.112. The molecule has 2 aromatic rings. The predicted octanol–water partition coefficient (Wildman–Crippen LogP) is 4.22. The van der Waals surface area contributed by atoms with Gasteiger partial charge in [-0.1, -0.05) is 37.0 Å². The van der Waals surface area contributed by atoms with E-state index in [1.807, 2.05) is 20.8 Å². The number of carbonyl (C=O) groups is 2. The summed E-state index contributed by atoms with van der Waals surface area (Å²) < 4.78 is 5.28. The molecule has 2 atom stereocenters. The van der Waals surface area contributed by atoms with Crippen molar-refractivity contribution in [2.45, 2.75) is 32.9 Å². The van der Waals surface area contributed by atoms with Crippen LogP contribution in [0.3, 0.4) is 0 Å². The lowest BCUT2D eigenvalue weighted by Crippen LogP contribution is -2.50. The van der Waals surface area contributed by atoms with E-state index >= 15 is 0 Å². The molecule has 2 unspecified atom stereocenters. The third-order valence-corrected chi connectivity index (χ3v) is 4.29. The number of hydrogen-bond donors (Lipinski definition) is 2. The lowest BCUT2D eigenvalue weighted by molar-refractivity contribution is -0.124. The number of halogens is 2. The van der Waals surface area contributed by atoms with Crippen LogP contribution in [0.1, 0.15) is 42.9 Å². The molecular weight excluding hydrogens is 363 g/mol. The highest BCUT2D eigenvalue weighted by atomic mass is 35.5. The van der Waals surface area contributed by atoms with E-state index < -0.39 is 11.9 Å². The highest BCUT2D eigenvalue weighted by Crippen LogP contribution is 2.21. The Labute approximate surface area is 156 Å². The normalized spacial score (nSPS) is 13.4. The van der Waals surface area contributed by atoms with Crippen molar-refractivity contribution < 1.29 is 14.0 Å². The predicted molar refractivity (Wildman–Crippen MR) is 97.8 cm³/mol. The van der Waals surface area contributed by atoms with Crippen LogP contribution in [0.25, 0.3) is 0 Å². The van der Waals surface area contributed by atoms with Crippen LogP contribution in [0.5, 0.6) is 0 Å². The third-order valence-electron chi connectivity index (χ3n) is 3.74. The second kappa shape index (κ2) is 8.41. The Morgan fingerprint density at radius 1 is 1.08 bits per heavy atom. The molecular formula is C18H20Cl2N2O3. The number of nitrogens with one attached hydrogen (secondary N) is 2. The molecule has 7 heteroatoms. The molecule has 0 saturated carbocycles. The van der Waals surface area contributed by atoms with Gasteiger partial charge in [0.15, 0.2) is 0 Å². The smallest absolute Gasteiger partial charge is 0.253 e. The topological polar surface area (TPSA) is 71.3 Å². The Morgan fingerprint density at radius 3 is 2.36 bits per heavy atom. The van der Waals surface area contributed by atoms with E-state index in [0.717, 1.165) is 0 Å². The maximum absolute atomic E-state index is 12.6. The van der Waals surface area contributed by atoms with Crippen molar-refractivity contribution in [1.29, 1.82) is 0 Å². The number of rotatable bonds is 6. The average molecular weight is 383 g/mol. The molecule has 2 rings (SSSR count). The number of carbonyl (C=O) groups excluding carboxylic acids is 2. The molecule has 1 heterocycles. The molecule has 1 aromatic carbocycles. The SMILES string of the molecule is CC(NC(=O)C(NC(=O)c1ccc(Cl)cc1Cl)C(C)C)c1ccco1. The van der Waals surface area contributed by atoms with Crippen LogP contribution in [-0.4, -0.2) is 17.9 Å². The van der Waals surface area contributed by atoms with Crippen molar-refractivity contribution in [2.24, 2.45) is 5.92 Å². The van der Waals surface area contributed by atoms with E-state index in [-0.39, 0.29) is 28.5 Å². The van der Waals surface area contributed by atoms with Crippen LogP contribution in [0.4, 0.5) is 0 Å². The van der Waals surface area contributed by atoms with Gasteiger partial charge in [-0.25, -0.2) is 0 Å². The first kappa shape index (κ1) is 19.3. The fourth-order valence-corrected chi connectivity index (χ4v) is 2.83. The summed E-state index contributed by atoms with van der Waals surface area (Å²) in [7, 11) is 0. The van der Waals surface area contributed by atoms with Gasteiger partial charge in [-0.3, -0.25) is 9.59 Å². The zero-order valence-electron chi connectivity index (χ0n) is 14.2. The zero-order valence-corrected chi connectivity index (χ0v) is 15.7. The summed E-state index contributed by atoms with van der Waals surface area (Å²) in [5.74, 6) is -0.194. The third kappa shape index (κ3) is 5.00. The second-order valence-electron chi connectivity index (χ2n) is 6.07. The Morgan fingerprint density at radius 2 is 1.80 bits per heavy atom. The quantitative estimate of drug-likeness (QED) is 0.785. The Kier molecular flexibility index (Phi) is 6.51. The molecule has 0 aliphatic rings. The molecule has 0 spiro atoms. The van der Waals surface area contributed by atoms with Gasteiger partial charge in [-0.15, -0.1) is 0 Å². The van der Waals surface area contributed by atoms with Gasteiger partial charge in [-0.05, 0) is 43.2 Å². The fourth-order valence-electron chi connectivity index (χ4n) is 2.34. The van der Waals surface area contributed by atoms with E-state index in [4.69, 9.17) is 27.6 Å². The summed E-state index contributed by atoms with van der Waals surface area (Å²) in [5, 5.41) is 6.25. The zero-order chi connectivity index (χ0) is 18.6. The second-order valence-corrected chi connectivity index (χ2v) is 6.91. The monoisotopic (exact) mass is 382 g/mol. The average Bonchev–Trinajstić information content (AvgIpc) is 3.06. The van der Waals surface area contributed by atoms with Gasteiger partial charge < -0.3 is 15.1 Å². The van der Waals surface area contributed by atoms with Crippen LogP contribution in [0.2, 0.25) is 10.0 Å². The molecule has 0 saturated heterocycles. The van der Waals surface area contributed by atoms with Gasteiger partial charge in [0.1, 0.15) is 11.8 Å². The van der Waals surface area contributed by atoms with Crippen molar-refractivity contribution >= 4 is 35.0 Å². The van der Waals surface area contributed by atoms with E-state index in [0.29, 0.717) is 10.8 Å². The minimum Gasteiger partial charge on any atom is -0.467 e. The Hall–Kier alpha value is -1.98. The Bertz CT molecular complexity index is 745. The van der Waals surface area contributed by atoms with Crippen LogP contribution >= 0.6 is 23.2 Å². The highest BCUT2D eigenvalue weighted by Gasteiger charge is 2.27. The summed E-state index contributed by atoms with van der Waals surface area (Å²) in [4.78, 5) is 25.0. The summed E-state index contributed by atoms with van der Waals surface area (Å²) in [5.41, 5.74) is 0.267. The van der Waals surface area contributed by atoms with Gasteiger partial charge in [0.2, 0.25) is 5.91 Å². The first-order chi connectivity index (χ1) is 11.8. The number of hydrogen-bond acceptors (Lipinski definition) is 3. The Balaban J connectivity index is 2.09. The van der Waals surface area contributed by atoms with Gasteiger partial charge >= 0.3 is 0 Å². The summed E-state index contributed by atoms with van der Waals surface area (Å²) in [6.45, 7) is 5.52. The molecule has 1 aromatic heterocycles. The van der Waals surface area contributed by atoms with E-state index in [2.05, 4.69) is 10.6 Å². The number of amides is 2. The van der Waals surface area contributed by atoms with Crippen LogP contribution in [0, 0.1) is 5.92 Å². The number of furan rings is 1. The van der Waals surface area contributed by atoms with E-state index in [1.165, 1.54) is 12.1 Å². The van der Waals surface area contributed by atoms with Crippen LogP contribution in [-0.2, 0) is 4.79 Å².